The average molecular weight is 569 g/mol. The summed E-state index contributed by atoms with van der Waals surface area (Å²) in [6.45, 7) is 3.58. The number of rotatable bonds is 6. The molecular formula is C22H22ClIN4O4. The van der Waals surface area contributed by atoms with E-state index >= 15 is 0 Å². The van der Waals surface area contributed by atoms with Crippen LogP contribution in [0.5, 0.6) is 0 Å². The summed E-state index contributed by atoms with van der Waals surface area (Å²) in [5.74, 6) is -1.19. The molecule has 0 fully saturated rings. The van der Waals surface area contributed by atoms with E-state index in [1.165, 1.54) is 11.7 Å². The average Bonchev–Trinajstić information content (AvgIpc) is 2.77. The van der Waals surface area contributed by atoms with Gasteiger partial charge in [0.15, 0.2) is 0 Å². The van der Waals surface area contributed by atoms with Gasteiger partial charge in [-0.05, 0) is 71.0 Å². The van der Waals surface area contributed by atoms with Crippen LogP contribution in [-0.2, 0) is 22.6 Å². The molecule has 1 unspecified atom stereocenters. The van der Waals surface area contributed by atoms with Gasteiger partial charge in [-0.1, -0.05) is 30.7 Å². The van der Waals surface area contributed by atoms with Crippen LogP contribution in [-0.4, -0.2) is 27.2 Å². The van der Waals surface area contributed by atoms with E-state index in [-0.39, 0.29) is 18.7 Å². The van der Waals surface area contributed by atoms with Crippen LogP contribution in [0.15, 0.2) is 57.0 Å². The molecule has 10 heteroatoms. The molecule has 0 aliphatic rings. The Morgan fingerprint density at radius 3 is 2.50 bits per heavy atom. The number of hydrogen-bond acceptors (Lipinski definition) is 5. The first kappa shape index (κ1) is 24.0. The van der Waals surface area contributed by atoms with E-state index in [0.717, 1.165) is 19.3 Å². The molecule has 32 heavy (non-hydrogen) atoms. The predicted octanol–water partition coefficient (Wildman–Crippen LogP) is 2.99. The van der Waals surface area contributed by atoms with Crippen molar-refractivity contribution in [2.45, 2.75) is 26.9 Å². The Kier molecular flexibility index (Phi) is 7.73. The summed E-state index contributed by atoms with van der Waals surface area (Å²) in [5.41, 5.74) is 1.30. The van der Waals surface area contributed by atoms with Crippen LogP contribution in [0.25, 0.3) is 0 Å². The summed E-state index contributed by atoms with van der Waals surface area (Å²) in [5, 5.41) is 0.573. The monoisotopic (exact) mass is 568 g/mol. The summed E-state index contributed by atoms with van der Waals surface area (Å²) >= 11 is 8.20. The number of hydrogen-bond donors (Lipinski definition) is 1. The highest BCUT2D eigenvalue weighted by Crippen LogP contribution is 2.18. The van der Waals surface area contributed by atoms with Gasteiger partial charge < -0.3 is 4.74 Å². The molecule has 3 aromatic rings. The maximum atomic E-state index is 13.3. The van der Waals surface area contributed by atoms with Crippen LogP contribution in [0.4, 0.5) is 5.69 Å². The van der Waals surface area contributed by atoms with E-state index in [0.29, 0.717) is 10.7 Å². The van der Waals surface area contributed by atoms with Crippen molar-refractivity contribution in [2.24, 2.45) is 10.9 Å². The zero-order valence-corrected chi connectivity index (χ0v) is 20.7. The van der Waals surface area contributed by atoms with E-state index in [9.17, 15) is 14.4 Å². The van der Waals surface area contributed by atoms with Gasteiger partial charge in [0.2, 0.25) is 5.62 Å². The van der Waals surface area contributed by atoms with Gasteiger partial charge >= 0.3 is 17.3 Å². The van der Waals surface area contributed by atoms with E-state index in [4.69, 9.17) is 16.3 Å². The summed E-state index contributed by atoms with van der Waals surface area (Å²) in [7, 11) is 1.26. The number of benzene rings is 2. The lowest BCUT2D eigenvalue weighted by molar-refractivity contribution is -0.145. The Bertz CT molecular complexity index is 1330. The minimum atomic E-state index is -0.676. The zero-order valence-electron chi connectivity index (χ0n) is 17.8. The fourth-order valence-electron chi connectivity index (χ4n) is 3.09. The molecule has 1 heterocycles. The summed E-state index contributed by atoms with van der Waals surface area (Å²) in [4.78, 5) is 45.1. The van der Waals surface area contributed by atoms with Crippen molar-refractivity contribution in [3.8, 4) is 0 Å². The Labute approximate surface area is 202 Å². The summed E-state index contributed by atoms with van der Waals surface area (Å²) < 4.78 is 8.14. The number of H-pyrrole nitrogens is 1. The van der Waals surface area contributed by atoms with Gasteiger partial charge in [0, 0.05) is 15.1 Å². The van der Waals surface area contributed by atoms with Crippen LogP contribution in [0.3, 0.4) is 0 Å². The third-order valence-electron chi connectivity index (χ3n) is 4.87. The number of carbonyl (C=O) groups is 1. The molecule has 8 nitrogen and oxygen atoms in total. The van der Waals surface area contributed by atoms with Gasteiger partial charge in [-0.15, -0.1) is 0 Å². The number of halogens is 2. The molecule has 0 aliphatic carbocycles. The molecule has 0 spiro atoms. The van der Waals surface area contributed by atoms with Gasteiger partial charge in [0.25, 0.3) is 0 Å². The van der Waals surface area contributed by atoms with Crippen LogP contribution in [0.1, 0.15) is 18.1 Å². The highest BCUT2D eigenvalue weighted by molar-refractivity contribution is 14.1. The SMILES string of the molecule is COC(=O)C(C)Cn1c(=O)[nH]c(=Nc2ccc(I)c(C)c2)n(Cc2ccc(Cl)cc2)c1=O. The fraction of sp³-hybridized carbons (Fsp3) is 0.273. The second-order valence-electron chi connectivity index (χ2n) is 7.33. The van der Waals surface area contributed by atoms with E-state index < -0.39 is 23.3 Å². The van der Waals surface area contributed by atoms with Crippen molar-refractivity contribution in [1.29, 1.82) is 0 Å². The molecule has 1 N–H and O–H groups in total. The standard InChI is InChI=1S/C22H22ClIN4O4/c1-13-10-17(8-9-18(13)24)25-20-26-21(30)28(11-14(2)19(29)32-3)22(31)27(20)12-15-4-6-16(23)7-5-15/h4-10,14H,11-12H2,1-3H3,(H,25,26,30). The zero-order chi connectivity index (χ0) is 23.4. The molecule has 1 atom stereocenters. The van der Waals surface area contributed by atoms with E-state index in [1.807, 2.05) is 25.1 Å². The number of aromatic nitrogens is 3. The summed E-state index contributed by atoms with van der Waals surface area (Å²) in [6.07, 6.45) is 0. The third kappa shape index (κ3) is 5.57. The smallest absolute Gasteiger partial charge is 0.335 e. The number of methoxy groups -OCH3 is 1. The largest absolute Gasteiger partial charge is 0.469 e. The van der Waals surface area contributed by atoms with Gasteiger partial charge in [-0.2, -0.15) is 0 Å². The Morgan fingerprint density at radius 1 is 1.19 bits per heavy atom. The number of esters is 1. The van der Waals surface area contributed by atoms with Crippen LogP contribution in [0, 0.1) is 16.4 Å². The number of aromatic amines is 1. The Balaban J connectivity index is 2.18. The van der Waals surface area contributed by atoms with Gasteiger partial charge in [-0.3, -0.25) is 14.3 Å². The molecule has 0 amide bonds. The molecule has 0 bridgehead atoms. The highest BCUT2D eigenvalue weighted by Gasteiger charge is 2.18. The lowest BCUT2D eigenvalue weighted by atomic mass is 10.2. The maximum Gasteiger partial charge on any atom is 0.335 e. The van der Waals surface area contributed by atoms with Gasteiger partial charge in [0.1, 0.15) is 0 Å². The molecule has 1 aromatic heterocycles. The Morgan fingerprint density at radius 2 is 1.88 bits per heavy atom. The van der Waals surface area contributed by atoms with Crippen molar-refractivity contribution in [2.75, 3.05) is 7.11 Å². The fourth-order valence-corrected chi connectivity index (χ4v) is 3.55. The van der Waals surface area contributed by atoms with Crippen molar-refractivity contribution in [3.05, 3.63) is 88.8 Å². The molecule has 0 saturated carbocycles. The van der Waals surface area contributed by atoms with E-state index in [2.05, 4.69) is 32.6 Å². The number of aryl methyl sites for hydroxylation is 1. The first-order chi connectivity index (χ1) is 15.2. The van der Waals surface area contributed by atoms with Crippen molar-refractivity contribution in [3.63, 3.8) is 0 Å². The van der Waals surface area contributed by atoms with Crippen molar-refractivity contribution in [1.82, 2.24) is 14.1 Å². The van der Waals surface area contributed by atoms with Gasteiger partial charge in [-0.25, -0.2) is 19.1 Å². The molecule has 0 radical (unpaired) electrons. The number of carbonyl (C=O) groups excluding carboxylic acids is 1. The second kappa shape index (κ2) is 10.3. The third-order valence-corrected chi connectivity index (χ3v) is 6.33. The second-order valence-corrected chi connectivity index (χ2v) is 8.93. The van der Waals surface area contributed by atoms with Crippen LogP contribution < -0.4 is 17.0 Å². The van der Waals surface area contributed by atoms with Crippen molar-refractivity contribution >= 4 is 45.8 Å². The lowest BCUT2D eigenvalue weighted by Gasteiger charge is -2.14. The number of ether oxygens (including phenoxy) is 1. The van der Waals surface area contributed by atoms with E-state index in [1.54, 1.807) is 31.2 Å². The maximum absolute atomic E-state index is 13.3. The normalized spacial score (nSPS) is 12.6. The quantitative estimate of drug-likeness (QED) is 0.365. The number of nitrogens with zero attached hydrogens (tertiary/aromatic N) is 3. The van der Waals surface area contributed by atoms with Crippen molar-refractivity contribution < 1.29 is 9.53 Å². The number of nitrogens with one attached hydrogen (secondary N) is 1. The lowest BCUT2D eigenvalue weighted by Crippen LogP contribution is -2.51. The van der Waals surface area contributed by atoms with Crippen LogP contribution >= 0.6 is 34.2 Å². The molecule has 0 aliphatic heterocycles. The minimum Gasteiger partial charge on any atom is -0.469 e. The molecule has 168 valence electrons. The molecule has 3 rings (SSSR count). The van der Waals surface area contributed by atoms with Crippen LogP contribution in [0.2, 0.25) is 5.02 Å². The Hall–Kier alpha value is -2.66. The first-order valence-corrected chi connectivity index (χ1v) is 11.2. The minimum absolute atomic E-state index is 0.109. The molecule has 2 aromatic carbocycles. The molecule has 0 saturated heterocycles. The van der Waals surface area contributed by atoms with Gasteiger partial charge in [0.05, 0.1) is 25.3 Å². The summed E-state index contributed by atoms with van der Waals surface area (Å²) in [6, 6.07) is 12.6. The highest BCUT2D eigenvalue weighted by atomic mass is 127. The predicted molar refractivity (Wildman–Crippen MR) is 130 cm³/mol. The first-order valence-electron chi connectivity index (χ1n) is 9.76. The molecular weight excluding hydrogens is 547 g/mol. The topological polar surface area (TPSA) is 98.4 Å².